The van der Waals surface area contributed by atoms with Crippen LogP contribution in [-0.2, 0) is 0 Å². The molecule has 0 aliphatic carbocycles. The van der Waals surface area contributed by atoms with E-state index in [0.717, 1.165) is 25.9 Å². The number of likely N-dealkylation sites (N-methyl/N-ethyl adjacent to an activating group) is 1. The predicted octanol–water partition coefficient (Wildman–Crippen LogP) is 1.86. The molecule has 0 amide bonds. The quantitative estimate of drug-likeness (QED) is 0.715. The number of likely N-dealkylation sites (tertiary alicyclic amines) is 1. The molecule has 2 N–H and O–H groups in total. The lowest BCUT2D eigenvalue weighted by Gasteiger charge is -2.36. The molecule has 0 spiro atoms. The highest BCUT2D eigenvalue weighted by Gasteiger charge is 2.27. The van der Waals surface area contributed by atoms with E-state index in [9.17, 15) is 5.11 Å². The molecule has 1 aliphatic heterocycles. The van der Waals surface area contributed by atoms with E-state index in [1.54, 1.807) is 0 Å². The van der Waals surface area contributed by atoms with E-state index in [-0.39, 0.29) is 5.41 Å². The van der Waals surface area contributed by atoms with Crippen molar-refractivity contribution in [3.63, 3.8) is 0 Å². The van der Waals surface area contributed by atoms with Crippen LogP contribution in [0.2, 0.25) is 0 Å². The van der Waals surface area contributed by atoms with E-state index >= 15 is 0 Å². The van der Waals surface area contributed by atoms with E-state index in [0.29, 0.717) is 12.6 Å². The maximum atomic E-state index is 9.55. The highest BCUT2D eigenvalue weighted by atomic mass is 16.3. The van der Waals surface area contributed by atoms with Crippen molar-refractivity contribution < 1.29 is 5.11 Å². The molecule has 1 rings (SSSR count). The number of hydrogen-bond acceptors (Lipinski definition) is 3. The first-order chi connectivity index (χ1) is 8.19. The van der Waals surface area contributed by atoms with Gasteiger partial charge in [0.15, 0.2) is 0 Å². The molecule has 0 aromatic carbocycles. The van der Waals surface area contributed by atoms with Crippen molar-refractivity contribution in [2.45, 2.75) is 52.5 Å². The zero-order chi connectivity index (χ0) is 12.7. The zero-order valence-electron chi connectivity index (χ0n) is 11.8. The Morgan fingerprint density at radius 3 is 2.53 bits per heavy atom. The molecule has 0 aromatic heterocycles. The van der Waals surface area contributed by atoms with Crippen molar-refractivity contribution in [3.8, 4) is 0 Å². The molecular formula is C14H30N2O. The Labute approximate surface area is 107 Å². The van der Waals surface area contributed by atoms with Crippen LogP contribution in [0.4, 0.5) is 0 Å². The largest absolute Gasteiger partial charge is 0.396 e. The third kappa shape index (κ3) is 4.23. The monoisotopic (exact) mass is 242 g/mol. The van der Waals surface area contributed by atoms with Gasteiger partial charge in [0.1, 0.15) is 0 Å². The number of aliphatic hydroxyl groups is 1. The van der Waals surface area contributed by atoms with Gasteiger partial charge in [-0.2, -0.15) is 0 Å². The molecule has 3 nitrogen and oxygen atoms in total. The minimum Gasteiger partial charge on any atom is -0.396 e. The highest BCUT2D eigenvalue weighted by molar-refractivity contribution is 4.83. The number of aliphatic hydroxyl groups excluding tert-OH is 1. The Bertz CT molecular complexity index is 196. The first kappa shape index (κ1) is 14.9. The summed E-state index contributed by atoms with van der Waals surface area (Å²) in [5.74, 6) is 0. The number of hydrogen-bond donors (Lipinski definition) is 2. The van der Waals surface area contributed by atoms with Gasteiger partial charge < -0.3 is 15.3 Å². The summed E-state index contributed by atoms with van der Waals surface area (Å²) in [6, 6.07) is 0.618. The van der Waals surface area contributed by atoms with Crippen LogP contribution < -0.4 is 5.32 Å². The highest BCUT2D eigenvalue weighted by Crippen LogP contribution is 2.25. The van der Waals surface area contributed by atoms with Crippen LogP contribution in [0.15, 0.2) is 0 Å². The van der Waals surface area contributed by atoms with Crippen LogP contribution in [0, 0.1) is 5.41 Å². The smallest absolute Gasteiger partial charge is 0.0499 e. The zero-order valence-corrected chi connectivity index (χ0v) is 11.8. The summed E-state index contributed by atoms with van der Waals surface area (Å²) in [7, 11) is 0. The van der Waals surface area contributed by atoms with Gasteiger partial charge in [-0.1, -0.05) is 20.8 Å². The average Bonchev–Trinajstić information content (AvgIpc) is 2.41. The average molecular weight is 242 g/mol. The summed E-state index contributed by atoms with van der Waals surface area (Å²) in [5.41, 5.74) is 0.0918. The van der Waals surface area contributed by atoms with E-state index in [1.807, 2.05) is 0 Å². The molecule has 1 unspecified atom stereocenters. The van der Waals surface area contributed by atoms with Crippen molar-refractivity contribution in [3.05, 3.63) is 0 Å². The Hall–Kier alpha value is -0.120. The first-order valence-corrected chi connectivity index (χ1v) is 7.26. The molecule has 1 atom stereocenters. The molecule has 102 valence electrons. The fraction of sp³-hybridized carbons (Fsp3) is 1.00. The molecular weight excluding hydrogens is 212 g/mol. The minimum absolute atomic E-state index is 0.0918. The molecule has 1 aliphatic rings. The molecule has 0 saturated carbocycles. The molecule has 1 fully saturated rings. The van der Waals surface area contributed by atoms with Gasteiger partial charge in [-0.3, -0.25) is 0 Å². The number of rotatable bonds is 7. The third-order valence-corrected chi connectivity index (χ3v) is 4.55. The second-order valence-corrected chi connectivity index (χ2v) is 5.48. The molecule has 0 bridgehead atoms. The Morgan fingerprint density at radius 1 is 1.29 bits per heavy atom. The first-order valence-electron chi connectivity index (χ1n) is 7.26. The summed E-state index contributed by atoms with van der Waals surface area (Å²) < 4.78 is 0. The molecule has 0 aromatic rings. The fourth-order valence-corrected chi connectivity index (χ4v) is 2.65. The SMILES string of the molecule is CCN1CCCC(NCC(CC)(CC)CO)C1. The maximum absolute atomic E-state index is 9.55. The number of piperidine rings is 1. The van der Waals surface area contributed by atoms with Gasteiger partial charge in [0.05, 0.1) is 0 Å². The van der Waals surface area contributed by atoms with E-state index in [2.05, 4.69) is 31.0 Å². The van der Waals surface area contributed by atoms with Gasteiger partial charge >= 0.3 is 0 Å². The van der Waals surface area contributed by atoms with E-state index in [4.69, 9.17) is 0 Å². The van der Waals surface area contributed by atoms with Crippen LogP contribution in [0.1, 0.15) is 46.5 Å². The van der Waals surface area contributed by atoms with Gasteiger partial charge in [0, 0.05) is 31.2 Å². The van der Waals surface area contributed by atoms with Crippen molar-refractivity contribution in [2.75, 3.05) is 32.8 Å². The summed E-state index contributed by atoms with van der Waals surface area (Å²) >= 11 is 0. The standard InChI is InChI=1S/C14H30N2O/c1-4-14(5-2,12-17)11-15-13-8-7-9-16(6-3)10-13/h13,15,17H,4-12H2,1-3H3. The molecule has 3 heteroatoms. The van der Waals surface area contributed by atoms with Crippen LogP contribution in [-0.4, -0.2) is 48.8 Å². The molecule has 1 heterocycles. The van der Waals surface area contributed by atoms with Crippen LogP contribution in [0.3, 0.4) is 0 Å². The Kier molecular flexibility index (Phi) is 6.45. The van der Waals surface area contributed by atoms with E-state index < -0.39 is 0 Å². The summed E-state index contributed by atoms with van der Waals surface area (Å²) in [6.07, 6.45) is 4.69. The lowest BCUT2D eigenvalue weighted by Crippen LogP contribution is -2.49. The van der Waals surface area contributed by atoms with Gasteiger partial charge in [-0.25, -0.2) is 0 Å². The molecule has 1 saturated heterocycles. The van der Waals surface area contributed by atoms with Crippen LogP contribution in [0.5, 0.6) is 0 Å². The van der Waals surface area contributed by atoms with Crippen molar-refractivity contribution in [2.24, 2.45) is 5.41 Å². The maximum Gasteiger partial charge on any atom is 0.0499 e. The second-order valence-electron chi connectivity index (χ2n) is 5.48. The Balaban J connectivity index is 2.38. The lowest BCUT2D eigenvalue weighted by atomic mass is 9.83. The summed E-state index contributed by atoms with van der Waals surface area (Å²) in [6.45, 7) is 11.4. The normalized spacial score (nSPS) is 22.9. The second kappa shape index (κ2) is 7.34. The van der Waals surface area contributed by atoms with Crippen molar-refractivity contribution in [1.82, 2.24) is 10.2 Å². The van der Waals surface area contributed by atoms with Gasteiger partial charge in [-0.15, -0.1) is 0 Å². The molecule has 17 heavy (non-hydrogen) atoms. The number of nitrogens with one attached hydrogen (secondary N) is 1. The molecule has 0 radical (unpaired) electrons. The topological polar surface area (TPSA) is 35.5 Å². The lowest BCUT2D eigenvalue weighted by molar-refractivity contribution is 0.101. The fourth-order valence-electron chi connectivity index (χ4n) is 2.65. The van der Waals surface area contributed by atoms with Gasteiger partial charge in [0.2, 0.25) is 0 Å². The summed E-state index contributed by atoms with van der Waals surface area (Å²) in [5, 5.41) is 13.2. The van der Waals surface area contributed by atoms with Gasteiger partial charge in [-0.05, 0) is 38.8 Å². The predicted molar refractivity (Wildman–Crippen MR) is 73.2 cm³/mol. The third-order valence-electron chi connectivity index (χ3n) is 4.55. The van der Waals surface area contributed by atoms with Crippen molar-refractivity contribution in [1.29, 1.82) is 0 Å². The Morgan fingerprint density at radius 2 is 2.00 bits per heavy atom. The van der Waals surface area contributed by atoms with Crippen molar-refractivity contribution >= 4 is 0 Å². The van der Waals surface area contributed by atoms with Crippen LogP contribution >= 0.6 is 0 Å². The number of nitrogens with zero attached hydrogens (tertiary/aromatic N) is 1. The minimum atomic E-state index is 0.0918. The van der Waals surface area contributed by atoms with Gasteiger partial charge in [0.25, 0.3) is 0 Å². The van der Waals surface area contributed by atoms with E-state index in [1.165, 1.54) is 25.9 Å². The van der Waals surface area contributed by atoms with Crippen LogP contribution in [0.25, 0.3) is 0 Å². The summed E-state index contributed by atoms with van der Waals surface area (Å²) in [4.78, 5) is 2.51.